The van der Waals surface area contributed by atoms with E-state index in [1.807, 2.05) is 66.7 Å². The molecule has 6 aromatic rings. The van der Waals surface area contributed by atoms with Crippen LogP contribution in [0.15, 0.2) is 91.0 Å². The summed E-state index contributed by atoms with van der Waals surface area (Å²) in [7, 11) is 0. The van der Waals surface area contributed by atoms with Crippen molar-refractivity contribution in [1.29, 1.82) is 0 Å². The molecular formula is C30H26N6O. The van der Waals surface area contributed by atoms with Gasteiger partial charge in [0.05, 0.1) is 16.6 Å². The minimum absolute atomic E-state index is 0.159. The molecule has 0 saturated carbocycles. The summed E-state index contributed by atoms with van der Waals surface area (Å²) < 4.78 is 2.23. The number of para-hydroxylation sites is 2. The molecule has 0 radical (unpaired) electrons. The molecule has 3 aromatic carbocycles. The number of amides is 1. The molecule has 0 aliphatic heterocycles. The Hall–Kier alpha value is -4.78. The number of carbonyl (C=O) groups excluding carboxylic acids is 1. The van der Waals surface area contributed by atoms with Crippen LogP contribution < -0.4 is 11.1 Å². The summed E-state index contributed by atoms with van der Waals surface area (Å²) in [5, 5.41) is 5.05. The van der Waals surface area contributed by atoms with Crippen LogP contribution in [-0.2, 0) is 6.54 Å². The summed E-state index contributed by atoms with van der Waals surface area (Å²) in [6.07, 6.45) is 1.67. The second-order valence-electron chi connectivity index (χ2n) is 9.02. The Kier molecular flexibility index (Phi) is 5.94. The second-order valence-corrected chi connectivity index (χ2v) is 9.02. The molecule has 7 nitrogen and oxygen atoms in total. The number of nitrogens with one attached hydrogen (secondary N) is 1. The maximum atomic E-state index is 12.7. The maximum Gasteiger partial charge on any atom is 0.269 e. The molecule has 0 unspecified atom stereocenters. The van der Waals surface area contributed by atoms with E-state index in [1.165, 1.54) is 0 Å². The minimum Gasteiger partial charge on any atom is -0.382 e. The number of carbonyl (C=O) groups is 1. The number of aryl methyl sites for hydroxylation is 1. The lowest BCUT2D eigenvalue weighted by Crippen LogP contribution is -2.25. The van der Waals surface area contributed by atoms with Crippen LogP contribution >= 0.6 is 0 Å². The summed E-state index contributed by atoms with van der Waals surface area (Å²) >= 11 is 0. The third-order valence-electron chi connectivity index (χ3n) is 6.57. The van der Waals surface area contributed by atoms with Gasteiger partial charge in [0, 0.05) is 29.4 Å². The van der Waals surface area contributed by atoms with Crippen molar-refractivity contribution >= 4 is 44.6 Å². The van der Waals surface area contributed by atoms with Gasteiger partial charge in [-0.1, -0.05) is 72.8 Å². The topological polar surface area (TPSA) is 98.7 Å². The number of nitrogens with zero attached hydrogens (tertiary/aromatic N) is 4. The predicted molar refractivity (Wildman–Crippen MR) is 148 cm³/mol. The van der Waals surface area contributed by atoms with Gasteiger partial charge in [0.15, 0.2) is 5.82 Å². The van der Waals surface area contributed by atoms with Gasteiger partial charge < -0.3 is 15.6 Å². The summed E-state index contributed by atoms with van der Waals surface area (Å²) in [5.74, 6) is 1.14. The summed E-state index contributed by atoms with van der Waals surface area (Å²) in [5.41, 5.74) is 11.2. The highest BCUT2D eigenvalue weighted by molar-refractivity contribution is 6.07. The molecular weight excluding hydrogens is 460 g/mol. The molecule has 3 aromatic heterocycles. The Labute approximate surface area is 214 Å². The molecule has 0 aliphatic carbocycles. The Balaban J connectivity index is 1.22. The number of benzene rings is 3. The highest BCUT2D eigenvalue weighted by Crippen LogP contribution is 2.32. The van der Waals surface area contributed by atoms with E-state index in [9.17, 15) is 4.79 Å². The van der Waals surface area contributed by atoms with Crippen LogP contribution in [-0.4, -0.2) is 32.0 Å². The molecule has 182 valence electrons. The second kappa shape index (κ2) is 9.70. The van der Waals surface area contributed by atoms with Gasteiger partial charge in [-0.05, 0) is 31.0 Å². The number of unbranched alkanes of at least 4 members (excludes halogenated alkanes) is 1. The maximum absolute atomic E-state index is 12.7. The zero-order chi connectivity index (χ0) is 25.2. The number of pyridine rings is 2. The van der Waals surface area contributed by atoms with Crippen LogP contribution in [0.3, 0.4) is 0 Å². The van der Waals surface area contributed by atoms with Gasteiger partial charge in [0.1, 0.15) is 17.0 Å². The summed E-state index contributed by atoms with van der Waals surface area (Å²) in [6, 6.07) is 29.6. The van der Waals surface area contributed by atoms with Crippen molar-refractivity contribution in [3.63, 3.8) is 0 Å². The number of anilines is 1. The number of rotatable bonds is 7. The van der Waals surface area contributed by atoms with Gasteiger partial charge in [-0.25, -0.2) is 15.0 Å². The number of imidazole rings is 1. The molecule has 1 amide bonds. The molecule has 0 bridgehead atoms. The number of hydrogen-bond acceptors (Lipinski definition) is 5. The lowest BCUT2D eigenvalue weighted by Gasteiger charge is -2.11. The van der Waals surface area contributed by atoms with Crippen LogP contribution in [0.5, 0.6) is 0 Å². The Morgan fingerprint density at radius 2 is 1.54 bits per heavy atom. The highest BCUT2D eigenvalue weighted by Gasteiger charge is 2.18. The quantitative estimate of drug-likeness (QED) is 0.287. The van der Waals surface area contributed by atoms with Gasteiger partial charge in [0.25, 0.3) is 5.91 Å². The van der Waals surface area contributed by atoms with E-state index in [1.54, 1.807) is 6.07 Å². The van der Waals surface area contributed by atoms with E-state index in [0.717, 1.165) is 58.1 Å². The smallest absolute Gasteiger partial charge is 0.269 e. The van der Waals surface area contributed by atoms with Gasteiger partial charge in [-0.2, -0.15) is 0 Å². The number of aromatic nitrogens is 4. The molecule has 0 fully saturated rings. The van der Waals surface area contributed by atoms with Crippen molar-refractivity contribution in [2.75, 3.05) is 12.3 Å². The fourth-order valence-corrected chi connectivity index (χ4v) is 4.76. The van der Waals surface area contributed by atoms with Crippen LogP contribution in [0.1, 0.15) is 23.3 Å². The van der Waals surface area contributed by atoms with E-state index in [0.29, 0.717) is 23.6 Å². The van der Waals surface area contributed by atoms with E-state index in [4.69, 9.17) is 10.7 Å². The van der Waals surface area contributed by atoms with Crippen LogP contribution in [0.4, 0.5) is 5.82 Å². The zero-order valence-electron chi connectivity index (χ0n) is 20.3. The molecule has 0 spiro atoms. The fourth-order valence-electron chi connectivity index (χ4n) is 4.76. The number of fused-ring (bicyclic) bond motifs is 4. The Morgan fingerprint density at radius 3 is 2.41 bits per heavy atom. The molecule has 0 atom stereocenters. The monoisotopic (exact) mass is 486 g/mol. The molecule has 7 heteroatoms. The first-order chi connectivity index (χ1) is 18.2. The van der Waals surface area contributed by atoms with Crippen molar-refractivity contribution in [2.24, 2.45) is 0 Å². The lowest BCUT2D eigenvalue weighted by atomic mass is 10.1. The Bertz CT molecular complexity index is 1740. The zero-order valence-corrected chi connectivity index (χ0v) is 20.3. The van der Waals surface area contributed by atoms with Gasteiger partial charge >= 0.3 is 0 Å². The molecule has 0 aliphatic rings. The predicted octanol–water partition coefficient (Wildman–Crippen LogP) is 5.59. The van der Waals surface area contributed by atoms with Gasteiger partial charge in [-0.15, -0.1) is 0 Å². The minimum atomic E-state index is -0.159. The molecule has 0 saturated heterocycles. The van der Waals surface area contributed by atoms with Gasteiger partial charge in [0.2, 0.25) is 0 Å². The first-order valence-electron chi connectivity index (χ1n) is 12.4. The average Bonchev–Trinajstić information content (AvgIpc) is 3.33. The van der Waals surface area contributed by atoms with E-state index >= 15 is 0 Å². The van der Waals surface area contributed by atoms with Crippen molar-refractivity contribution in [1.82, 2.24) is 24.8 Å². The lowest BCUT2D eigenvalue weighted by molar-refractivity contribution is 0.0948. The Morgan fingerprint density at radius 1 is 0.784 bits per heavy atom. The number of nitrogens with two attached hydrogens (primary N) is 1. The van der Waals surface area contributed by atoms with E-state index < -0.39 is 0 Å². The molecule has 6 rings (SSSR count). The van der Waals surface area contributed by atoms with Crippen LogP contribution in [0, 0.1) is 0 Å². The molecule has 3 heterocycles. The van der Waals surface area contributed by atoms with Crippen molar-refractivity contribution in [3.05, 3.63) is 96.7 Å². The van der Waals surface area contributed by atoms with Crippen LogP contribution in [0.2, 0.25) is 0 Å². The van der Waals surface area contributed by atoms with Crippen molar-refractivity contribution in [2.45, 2.75) is 19.4 Å². The third kappa shape index (κ3) is 4.36. The fraction of sp³-hybridized carbons (Fsp3) is 0.133. The largest absolute Gasteiger partial charge is 0.382 e. The third-order valence-corrected chi connectivity index (χ3v) is 6.57. The first-order valence-corrected chi connectivity index (χ1v) is 12.4. The van der Waals surface area contributed by atoms with Crippen LogP contribution in [0.25, 0.3) is 44.2 Å². The van der Waals surface area contributed by atoms with Crippen molar-refractivity contribution < 1.29 is 4.79 Å². The number of hydrogen-bond donors (Lipinski definition) is 2. The standard InChI is InChI=1S/C30H26N6O/c31-28-26-27(22-13-5-7-15-24(22)34-28)36(29(35-26)21-11-2-1-3-12-21)19-9-8-18-32-30(37)25-17-16-20-10-4-6-14-23(20)33-25/h1-7,10-17H,8-9,18-19H2,(H2,31,34)(H,32,37). The van der Waals surface area contributed by atoms with Crippen molar-refractivity contribution in [3.8, 4) is 11.4 Å². The van der Waals surface area contributed by atoms with E-state index in [2.05, 4.69) is 38.1 Å². The highest BCUT2D eigenvalue weighted by atomic mass is 16.1. The van der Waals surface area contributed by atoms with Gasteiger partial charge in [-0.3, -0.25) is 4.79 Å². The summed E-state index contributed by atoms with van der Waals surface area (Å²) in [4.78, 5) is 26.7. The number of nitrogen functional groups attached to an aromatic ring is 1. The SMILES string of the molecule is Nc1nc2ccccc2c2c1nc(-c1ccccc1)n2CCCCNC(=O)c1ccc2ccccc2n1. The molecule has 3 N–H and O–H groups in total. The first kappa shape index (κ1) is 22.7. The van der Waals surface area contributed by atoms with E-state index in [-0.39, 0.29) is 5.91 Å². The summed E-state index contributed by atoms with van der Waals surface area (Å²) in [6.45, 7) is 1.29. The average molecular weight is 487 g/mol. The molecule has 37 heavy (non-hydrogen) atoms. The normalized spacial score (nSPS) is 11.4.